The van der Waals surface area contributed by atoms with Crippen molar-refractivity contribution in [2.75, 3.05) is 17.5 Å². The van der Waals surface area contributed by atoms with Crippen LogP contribution in [0.25, 0.3) is 0 Å². The highest BCUT2D eigenvalue weighted by Crippen LogP contribution is 2.28. The lowest BCUT2D eigenvalue weighted by atomic mass is 10.3. The van der Waals surface area contributed by atoms with Crippen LogP contribution in [-0.4, -0.2) is 27.5 Å². The summed E-state index contributed by atoms with van der Waals surface area (Å²) in [6.07, 6.45) is 0. The summed E-state index contributed by atoms with van der Waals surface area (Å²) in [4.78, 5) is 12.0. The van der Waals surface area contributed by atoms with E-state index in [2.05, 4.69) is 0 Å². The Morgan fingerprint density at radius 2 is 1.70 bits per heavy atom. The molecule has 0 heterocycles. The van der Waals surface area contributed by atoms with Crippen LogP contribution in [0.2, 0.25) is 0 Å². The van der Waals surface area contributed by atoms with E-state index in [1.165, 1.54) is 12.1 Å². The third-order valence-corrected chi connectivity index (χ3v) is 5.72. The SMILES string of the molecule is CCOC(=O)CN(c1ccccc1I)S(=O)(=O)c1ccccc1. The van der Waals surface area contributed by atoms with Crippen molar-refractivity contribution < 1.29 is 17.9 Å². The van der Waals surface area contributed by atoms with E-state index in [4.69, 9.17) is 4.74 Å². The fourth-order valence-electron chi connectivity index (χ4n) is 2.00. The Morgan fingerprint density at radius 1 is 1.09 bits per heavy atom. The van der Waals surface area contributed by atoms with Gasteiger partial charge in [-0.25, -0.2) is 8.42 Å². The van der Waals surface area contributed by atoms with Crippen molar-refractivity contribution in [2.45, 2.75) is 11.8 Å². The number of hydrogen-bond donors (Lipinski definition) is 0. The van der Waals surface area contributed by atoms with Crippen LogP contribution in [0.5, 0.6) is 0 Å². The van der Waals surface area contributed by atoms with E-state index in [9.17, 15) is 13.2 Å². The predicted molar refractivity (Wildman–Crippen MR) is 96.8 cm³/mol. The van der Waals surface area contributed by atoms with Gasteiger partial charge in [-0.05, 0) is 53.8 Å². The summed E-state index contributed by atoms with van der Waals surface area (Å²) >= 11 is 2.04. The molecular weight excluding hydrogens is 429 g/mol. The number of hydrogen-bond acceptors (Lipinski definition) is 4. The number of ether oxygens (including phenoxy) is 1. The van der Waals surface area contributed by atoms with Crippen LogP contribution in [0, 0.1) is 3.57 Å². The van der Waals surface area contributed by atoms with Gasteiger partial charge in [0.1, 0.15) is 6.54 Å². The maximum Gasteiger partial charge on any atom is 0.326 e. The lowest BCUT2D eigenvalue weighted by molar-refractivity contribution is -0.141. The molecule has 0 radical (unpaired) electrons. The van der Waals surface area contributed by atoms with Gasteiger partial charge in [0.05, 0.1) is 17.2 Å². The highest BCUT2D eigenvalue weighted by molar-refractivity contribution is 14.1. The molecule has 0 atom stereocenters. The first-order valence-corrected chi connectivity index (χ1v) is 9.46. The third-order valence-electron chi connectivity index (χ3n) is 3.03. The smallest absolute Gasteiger partial charge is 0.326 e. The third kappa shape index (κ3) is 4.23. The summed E-state index contributed by atoms with van der Waals surface area (Å²) in [5.41, 5.74) is 0.449. The first kappa shape index (κ1) is 17.7. The Kier molecular flexibility index (Phi) is 6.00. The van der Waals surface area contributed by atoms with E-state index in [1.807, 2.05) is 28.7 Å². The Balaban J connectivity index is 2.50. The Bertz CT molecular complexity index is 778. The summed E-state index contributed by atoms with van der Waals surface area (Å²) in [6, 6.07) is 15.0. The molecule has 0 spiro atoms. The monoisotopic (exact) mass is 445 g/mol. The number of carbonyl (C=O) groups excluding carboxylic acids is 1. The fourth-order valence-corrected chi connectivity index (χ4v) is 4.29. The molecule has 0 aromatic heterocycles. The van der Waals surface area contributed by atoms with Crippen LogP contribution < -0.4 is 4.31 Å². The number of sulfonamides is 1. The molecular formula is C16H16INO4S. The lowest BCUT2D eigenvalue weighted by Crippen LogP contribution is -2.37. The van der Waals surface area contributed by atoms with Gasteiger partial charge < -0.3 is 4.74 Å². The maximum absolute atomic E-state index is 12.9. The van der Waals surface area contributed by atoms with Crippen LogP contribution in [0.1, 0.15) is 6.92 Å². The lowest BCUT2D eigenvalue weighted by Gasteiger charge is -2.24. The molecule has 0 amide bonds. The van der Waals surface area contributed by atoms with Crippen molar-refractivity contribution in [1.29, 1.82) is 0 Å². The number of rotatable bonds is 6. The minimum absolute atomic E-state index is 0.129. The molecule has 122 valence electrons. The standard InChI is InChI=1S/C16H16INO4S/c1-2-22-16(19)12-18(15-11-7-6-10-14(15)17)23(20,21)13-8-4-3-5-9-13/h3-11H,2,12H2,1H3. The summed E-state index contributed by atoms with van der Waals surface area (Å²) in [7, 11) is -3.86. The van der Waals surface area contributed by atoms with Crippen LogP contribution in [0.4, 0.5) is 5.69 Å². The van der Waals surface area contributed by atoms with Gasteiger partial charge in [-0.15, -0.1) is 0 Å². The minimum Gasteiger partial charge on any atom is -0.465 e. The second-order valence-corrected chi connectivity index (χ2v) is 7.61. The Morgan fingerprint density at radius 3 is 2.30 bits per heavy atom. The predicted octanol–water partition coefficient (Wildman–Crippen LogP) is 3.05. The molecule has 0 fully saturated rings. The van der Waals surface area contributed by atoms with Gasteiger partial charge in [0.2, 0.25) is 0 Å². The van der Waals surface area contributed by atoms with Crippen molar-refractivity contribution in [3.8, 4) is 0 Å². The summed E-state index contributed by atoms with van der Waals surface area (Å²) < 4.78 is 32.6. The van der Waals surface area contributed by atoms with Gasteiger partial charge in [0.15, 0.2) is 0 Å². The molecule has 0 aliphatic rings. The largest absolute Gasteiger partial charge is 0.465 e. The Labute approximate surface area is 149 Å². The van der Waals surface area contributed by atoms with Gasteiger partial charge in [-0.3, -0.25) is 9.10 Å². The highest BCUT2D eigenvalue weighted by atomic mass is 127. The molecule has 0 saturated carbocycles. The van der Waals surface area contributed by atoms with Crippen molar-refractivity contribution >= 4 is 44.3 Å². The van der Waals surface area contributed by atoms with E-state index >= 15 is 0 Å². The minimum atomic E-state index is -3.86. The molecule has 0 aliphatic heterocycles. The number of benzene rings is 2. The van der Waals surface area contributed by atoms with Gasteiger partial charge in [-0.2, -0.15) is 0 Å². The number of carbonyl (C=O) groups is 1. The Hall–Kier alpha value is -1.61. The van der Waals surface area contributed by atoms with E-state index in [-0.39, 0.29) is 18.0 Å². The molecule has 2 rings (SSSR count). The molecule has 7 heteroatoms. The van der Waals surface area contributed by atoms with Gasteiger partial charge in [-0.1, -0.05) is 30.3 Å². The van der Waals surface area contributed by atoms with Crippen LogP contribution in [0.3, 0.4) is 0 Å². The summed E-state index contributed by atoms with van der Waals surface area (Å²) in [5, 5.41) is 0. The molecule has 0 unspecified atom stereocenters. The molecule has 5 nitrogen and oxygen atoms in total. The van der Waals surface area contributed by atoms with Gasteiger partial charge in [0, 0.05) is 3.57 Å². The summed E-state index contributed by atoms with van der Waals surface area (Å²) in [6.45, 7) is 1.51. The van der Waals surface area contributed by atoms with E-state index in [1.54, 1.807) is 43.3 Å². The van der Waals surface area contributed by atoms with Crippen LogP contribution >= 0.6 is 22.6 Å². The van der Waals surface area contributed by atoms with E-state index in [0.29, 0.717) is 5.69 Å². The molecule has 2 aromatic rings. The molecule has 0 N–H and O–H groups in total. The normalized spacial score (nSPS) is 11.0. The topological polar surface area (TPSA) is 63.7 Å². The summed E-state index contributed by atoms with van der Waals surface area (Å²) in [5.74, 6) is -0.591. The first-order valence-electron chi connectivity index (χ1n) is 6.94. The molecule has 0 saturated heterocycles. The van der Waals surface area contributed by atoms with Gasteiger partial charge in [0.25, 0.3) is 10.0 Å². The molecule has 2 aromatic carbocycles. The molecule has 0 bridgehead atoms. The average Bonchev–Trinajstić information content (AvgIpc) is 2.54. The number of esters is 1. The van der Waals surface area contributed by atoms with Gasteiger partial charge >= 0.3 is 5.97 Å². The first-order chi connectivity index (χ1) is 11.0. The fraction of sp³-hybridized carbons (Fsp3) is 0.188. The number of para-hydroxylation sites is 1. The molecule has 23 heavy (non-hydrogen) atoms. The average molecular weight is 445 g/mol. The number of anilines is 1. The second kappa shape index (κ2) is 7.78. The molecule has 0 aliphatic carbocycles. The van der Waals surface area contributed by atoms with Crippen molar-refractivity contribution in [3.05, 3.63) is 58.2 Å². The number of nitrogens with zero attached hydrogens (tertiary/aromatic N) is 1. The van der Waals surface area contributed by atoms with E-state index in [0.717, 1.165) is 7.88 Å². The maximum atomic E-state index is 12.9. The second-order valence-electron chi connectivity index (χ2n) is 4.58. The van der Waals surface area contributed by atoms with Crippen LogP contribution in [0.15, 0.2) is 59.5 Å². The highest BCUT2D eigenvalue weighted by Gasteiger charge is 2.28. The van der Waals surface area contributed by atoms with Crippen molar-refractivity contribution in [1.82, 2.24) is 0 Å². The number of halogens is 1. The zero-order valence-corrected chi connectivity index (χ0v) is 15.5. The van der Waals surface area contributed by atoms with Crippen LogP contribution in [-0.2, 0) is 19.6 Å². The van der Waals surface area contributed by atoms with E-state index < -0.39 is 16.0 Å². The van der Waals surface area contributed by atoms with Crippen molar-refractivity contribution in [2.24, 2.45) is 0 Å². The quantitative estimate of drug-likeness (QED) is 0.507. The zero-order chi connectivity index (χ0) is 16.9. The zero-order valence-electron chi connectivity index (χ0n) is 12.5. The van der Waals surface area contributed by atoms with Crippen molar-refractivity contribution in [3.63, 3.8) is 0 Å².